The Bertz CT molecular complexity index is 686. The van der Waals surface area contributed by atoms with E-state index in [2.05, 4.69) is 50.3 Å². The molecule has 0 aliphatic rings. The molecule has 0 atom stereocenters. The van der Waals surface area contributed by atoms with Gasteiger partial charge in [0.2, 0.25) is 4.96 Å². The van der Waals surface area contributed by atoms with E-state index >= 15 is 0 Å². The molecule has 0 radical (unpaired) electrons. The van der Waals surface area contributed by atoms with Gasteiger partial charge in [0.05, 0.1) is 0 Å². The lowest BCUT2D eigenvalue weighted by atomic mass is 10.2. The Labute approximate surface area is 123 Å². The fourth-order valence-corrected chi connectivity index (χ4v) is 2.99. The minimum absolute atomic E-state index is 0.865. The summed E-state index contributed by atoms with van der Waals surface area (Å²) in [4.78, 5) is 0.865. The second-order valence-corrected chi connectivity index (χ2v) is 6.20. The summed E-state index contributed by atoms with van der Waals surface area (Å²) >= 11 is 5.01. The maximum absolute atomic E-state index is 4.62. The molecule has 0 N–H and O–H groups in total. The van der Waals surface area contributed by atoms with E-state index in [9.17, 15) is 0 Å². The number of aryl methyl sites for hydroxylation is 1. The Morgan fingerprint density at radius 3 is 2.74 bits per heavy atom. The number of aromatic nitrogens is 4. The van der Waals surface area contributed by atoms with Gasteiger partial charge in [-0.2, -0.15) is 9.61 Å². The van der Waals surface area contributed by atoms with Gasteiger partial charge in [0.15, 0.2) is 5.82 Å². The van der Waals surface area contributed by atoms with Crippen molar-refractivity contribution in [3.63, 3.8) is 0 Å². The molecule has 0 aliphatic carbocycles. The average molecular weight is 337 g/mol. The van der Waals surface area contributed by atoms with Crippen molar-refractivity contribution >= 4 is 32.2 Å². The van der Waals surface area contributed by atoms with Crippen LogP contribution in [-0.2, 0) is 6.42 Å². The highest BCUT2D eigenvalue weighted by Gasteiger charge is 2.12. The van der Waals surface area contributed by atoms with Crippen LogP contribution in [0.1, 0.15) is 25.6 Å². The van der Waals surface area contributed by atoms with Gasteiger partial charge < -0.3 is 0 Å². The first-order valence-electron chi connectivity index (χ1n) is 6.25. The molecule has 4 nitrogen and oxygen atoms in total. The zero-order valence-electron chi connectivity index (χ0n) is 10.5. The fraction of sp³-hybridized carbons (Fsp3) is 0.308. The van der Waals surface area contributed by atoms with Gasteiger partial charge in [0.1, 0.15) is 5.01 Å². The van der Waals surface area contributed by atoms with Gasteiger partial charge >= 0.3 is 0 Å². The first kappa shape index (κ1) is 12.7. The summed E-state index contributed by atoms with van der Waals surface area (Å²) < 4.78 is 2.94. The highest BCUT2D eigenvalue weighted by Crippen LogP contribution is 2.26. The van der Waals surface area contributed by atoms with E-state index in [1.165, 1.54) is 0 Å². The number of fused-ring (bicyclic) bond motifs is 1. The number of hydrogen-bond donors (Lipinski definition) is 0. The van der Waals surface area contributed by atoms with E-state index in [0.29, 0.717) is 0 Å². The zero-order valence-corrected chi connectivity index (χ0v) is 12.9. The molecule has 2 aromatic heterocycles. The molecule has 0 aliphatic heterocycles. The lowest BCUT2D eigenvalue weighted by molar-refractivity contribution is 0.723. The van der Waals surface area contributed by atoms with Crippen LogP contribution in [0.3, 0.4) is 0 Å². The average Bonchev–Trinajstić information content (AvgIpc) is 2.98. The third kappa shape index (κ3) is 2.55. The Kier molecular flexibility index (Phi) is 3.61. The van der Waals surface area contributed by atoms with Crippen LogP contribution in [0.4, 0.5) is 0 Å². The SMILES string of the molecule is CCCCc1nnc2sc(-c3ccc(Br)cc3)nn12. The van der Waals surface area contributed by atoms with Crippen molar-refractivity contribution in [1.82, 2.24) is 19.8 Å². The monoisotopic (exact) mass is 336 g/mol. The summed E-state index contributed by atoms with van der Waals surface area (Å²) in [7, 11) is 0. The molecule has 1 aromatic carbocycles. The minimum Gasteiger partial charge on any atom is -0.187 e. The third-order valence-corrected chi connectivity index (χ3v) is 4.38. The number of halogens is 1. The fourth-order valence-electron chi connectivity index (χ4n) is 1.86. The molecule has 3 rings (SSSR count). The summed E-state index contributed by atoms with van der Waals surface area (Å²) in [5.41, 5.74) is 1.11. The molecule has 0 saturated carbocycles. The quantitative estimate of drug-likeness (QED) is 0.724. The molecule has 19 heavy (non-hydrogen) atoms. The summed E-state index contributed by atoms with van der Waals surface area (Å²) in [5, 5.41) is 14.0. The van der Waals surface area contributed by atoms with E-state index in [1.54, 1.807) is 11.3 Å². The largest absolute Gasteiger partial charge is 0.234 e. The Morgan fingerprint density at radius 1 is 1.21 bits per heavy atom. The van der Waals surface area contributed by atoms with Crippen LogP contribution in [0.2, 0.25) is 0 Å². The van der Waals surface area contributed by atoms with Gasteiger partial charge in [-0.05, 0) is 18.6 Å². The van der Waals surface area contributed by atoms with Crippen LogP contribution in [0.25, 0.3) is 15.5 Å². The van der Waals surface area contributed by atoms with Crippen LogP contribution >= 0.6 is 27.3 Å². The molecular weight excluding hydrogens is 324 g/mol. The van der Waals surface area contributed by atoms with Crippen LogP contribution in [0.15, 0.2) is 28.7 Å². The molecule has 6 heteroatoms. The highest BCUT2D eigenvalue weighted by molar-refractivity contribution is 9.10. The predicted molar refractivity (Wildman–Crippen MR) is 80.4 cm³/mol. The maximum atomic E-state index is 4.62. The van der Waals surface area contributed by atoms with Gasteiger partial charge in [-0.3, -0.25) is 0 Å². The minimum atomic E-state index is 0.865. The predicted octanol–water partition coefficient (Wildman–Crippen LogP) is 3.96. The van der Waals surface area contributed by atoms with Gasteiger partial charge in [-0.25, -0.2) is 0 Å². The molecule has 0 fully saturated rings. The second kappa shape index (κ2) is 5.38. The Hall–Kier alpha value is -1.27. The molecular formula is C13H13BrN4S. The standard InChI is InChI=1S/C13H13BrN4S/c1-2-3-4-11-15-16-13-18(11)17-12(19-13)9-5-7-10(14)8-6-9/h5-8H,2-4H2,1H3. The number of benzene rings is 1. The molecule has 0 unspecified atom stereocenters. The lowest BCUT2D eigenvalue weighted by Gasteiger charge is -1.96. The molecule has 0 amide bonds. The van der Waals surface area contributed by atoms with Crippen LogP contribution in [0.5, 0.6) is 0 Å². The van der Waals surface area contributed by atoms with Crippen molar-refractivity contribution in [2.75, 3.05) is 0 Å². The van der Waals surface area contributed by atoms with Gasteiger partial charge in [-0.15, -0.1) is 10.2 Å². The molecule has 2 heterocycles. The van der Waals surface area contributed by atoms with E-state index < -0.39 is 0 Å². The summed E-state index contributed by atoms with van der Waals surface area (Å²) in [6.45, 7) is 2.17. The van der Waals surface area contributed by atoms with Crippen LogP contribution < -0.4 is 0 Å². The van der Waals surface area contributed by atoms with E-state index in [-0.39, 0.29) is 0 Å². The van der Waals surface area contributed by atoms with E-state index in [4.69, 9.17) is 0 Å². The first-order valence-corrected chi connectivity index (χ1v) is 7.86. The van der Waals surface area contributed by atoms with E-state index in [1.807, 2.05) is 16.6 Å². The first-order chi connectivity index (χ1) is 9.28. The summed E-state index contributed by atoms with van der Waals surface area (Å²) in [6, 6.07) is 8.16. The molecule has 3 aromatic rings. The number of rotatable bonds is 4. The smallest absolute Gasteiger partial charge is 0.187 e. The van der Waals surface area contributed by atoms with Gasteiger partial charge in [0, 0.05) is 16.5 Å². The van der Waals surface area contributed by atoms with Crippen molar-refractivity contribution in [3.05, 3.63) is 34.6 Å². The van der Waals surface area contributed by atoms with Crippen molar-refractivity contribution in [2.24, 2.45) is 0 Å². The number of nitrogens with zero attached hydrogens (tertiary/aromatic N) is 4. The normalized spacial score (nSPS) is 11.3. The Morgan fingerprint density at radius 2 is 2.00 bits per heavy atom. The summed E-state index contributed by atoms with van der Waals surface area (Å²) in [5.74, 6) is 0.955. The topological polar surface area (TPSA) is 43.1 Å². The highest BCUT2D eigenvalue weighted by atomic mass is 79.9. The maximum Gasteiger partial charge on any atom is 0.234 e. The molecule has 0 bridgehead atoms. The van der Waals surface area contributed by atoms with Crippen molar-refractivity contribution in [3.8, 4) is 10.6 Å². The third-order valence-electron chi connectivity index (χ3n) is 2.90. The van der Waals surface area contributed by atoms with Crippen LogP contribution in [0, 0.1) is 0 Å². The van der Waals surface area contributed by atoms with Crippen LogP contribution in [-0.4, -0.2) is 19.8 Å². The Balaban J connectivity index is 1.97. The van der Waals surface area contributed by atoms with Crippen molar-refractivity contribution in [1.29, 1.82) is 0 Å². The van der Waals surface area contributed by atoms with Crippen molar-refractivity contribution < 1.29 is 0 Å². The molecule has 0 spiro atoms. The van der Waals surface area contributed by atoms with Gasteiger partial charge in [-0.1, -0.05) is 52.7 Å². The molecule has 0 saturated heterocycles. The number of hydrogen-bond acceptors (Lipinski definition) is 4. The van der Waals surface area contributed by atoms with Gasteiger partial charge in [0.25, 0.3) is 0 Å². The molecule has 98 valence electrons. The number of unbranched alkanes of at least 4 members (excludes halogenated alkanes) is 1. The lowest BCUT2D eigenvalue weighted by Crippen LogP contribution is -1.95. The second-order valence-electron chi connectivity index (χ2n) is 4.33. The summed E-state index contributed by atoms with van der Waals surface area (Å²) in [6.07, 6.45) is 3.20. The van der Waals surface area contributed by atoms with Crippen molar-refractivity contribution in [2.45, 2.75) is 26.2 Å². The van der Waals surface area contributed by atoms with E-state index in [0.717, 1.165) is 45.1 Å². The zero-order chi connectivity index (χ0) is 13.2.